The molecule has 1 amide bonds. The molecule has 3 rings (SSSR count). The minimum Gasteiger partial charge on any atom is -0.378 e. The van der Waals surface area contributed by atoms with Crippen molar-refractivity contribution in [2.75, 3.05) is 11.9 Å². The molecule has 0 atom stereocenters. The normalized spacial score (nSPS) is 20.7. The number of halogens is 3. The van der Waals surface area contributed by atoms with E-state index in [0.29, 0.717) is 19.4 Å². The van der Waals surface area contributed by atoms with E-state index in [2.05, 4.69) is 15.4 Å². The van der Waals surface area contributed by atoms with E-state index < -0.39 is 17.8 Å². The fourth-order valence-electron chi connectivity index (χ4n) is 2.52. The zero-order chi connectivity index (χ0) is 17.3. The number of amides is 1. The van der Waals surface area contributed by atoms with Crippen molar-refractivity contribution in [3.63, 3.8) is 0 Å². The van der Waals surface area contributed by atoms with Crippen LogP contribution in [0.4, 0.5) is 18.9 Å². The van der Waals surface area contributed by atoms with Gasteiger partial charge in [-0.25, -0.2) is 4.98 Å². The van der Waals surface area contributed by atoms with E-state index in [1.54, 1.807) is 0 Å². The first-order valence-corrected chi connectivity index (χ1v) is 8.30. The number of carbonyl (C=O) groups is 1. The van der Waals surface area contributed by atoms with Crippen LogP contribution in [0.25, 0.3) is 0 Å². The summed E-state index contributed by atoms with van der Waals surface area (Å²) in [6.45, 7) is 2.44. The Hall–Kier alpha value is -1.94. The number of alkyl halides is 3. The van der Waals surface area contributed by atoms with Crippen LogP contribution in [0.15, 0.2) is 17.1 Å². The van der Waals surface area contributed by atoms with Gasteiger partial charge in [0.1, 0.15) is 5.69 Å². The third kappa shape index (κ3) is 3.44. The fraction of sp³-hybridized carbons (Fsp3) is 0.500. The van der Waals surface area contributed by atoms with E-state index in [-0.39, 0.29) is 23.5 Å². The molecule has 1 fully saturated rings. The van der Waals surface area contributed by atoms with E-state index >= 15 is 0 Å². The molecule has 0 aromatic carbocycles. The van der Waals surface area contributed by atoms with Gasteiger partial charge in [0.2, 0.25) is 0 Å². The standard InChI is InChI=1S/C14H15F3N4O2S/c1-2-23-9-3-8(4-9)21-5-10(12(20-21)14(15,16)17)19-13(22)11-6-24-7-18-11/h5-9H,2-4H2,1H3,(H,19,22). The van der Waals surface area contributed by atoms with Crippen LogP contribution in [-0.2, 0) is 10.9 Å². The average molecular weight is 360 g/mol. The van der Waals surface area contributed by atoms with E-state index in [0.717, 1.165) is 0 Å². The summed E-state index contributed by atoms with van der Waals surface area (Å²) < 4.78 is 46.2. The maximum atomic E-state index is 13.2. The number of rotatable bonds is 5. The van der Waals surface area contributed by atoms with Gasteiger partial charge in [0, 0.05) is 18.2 Å². The van der Waals surface area contributed by atoms with Crippen LogP contribution in [-0.4, -0.2) is 33.4 Å². The molecule has 2 heterocycles. The highest BCUT2D eigenvalue weighted by molar-refractivity contribution is 7.07. The van der Waals surface area contributed by atoms with Crippen molar-refractivity contribution in [1.29, 1.82) is 0 Å². The third-order valence-electron chi connectivity index (χ3n) is 3.76. The summed E-state index contributed by atoms with van der Waals surface area (Å²) in [5, 5.41) is 7.35. The number of hydrogen-bond donors (Lipinski definition) is 1. The van der Waals surface area contributed by atoms with E-state index in [1.165, 1.54) is 33.1 Å². The van der Waals surface area contributed by atoms with Crippen LogP contribution in [0.5, 0.6) is 0 Å². The molecule has 1 aliphatic carbocycles. The number of aromatic nitrogens is 3. The van der Waals surface area contributed by atoms with Gasteiger partial charge in [-0.1, -0.05) is 0 Å². The molecule has 1 saturated carbocycles. The Morgan fingerprint density at radius 2 is 2.25 bits per heavy atom. The molecule has 1 aliphatic rings. The number of thiazole rings is 1. The SMILES string of the molecule is CCOC1CC(n2cc(NC(=O)c3cscn3)c(C(F)(F)F)n2)C1. The first kappa shape index (κ1) is 16.9. The molecule has 0 aliphatic heterocycles. The van der Waals surface area contributed by atoms with Gasteiger partial charge in [0.05, 0.1) is 23.3 Å². The molecule has 2 aromatic heterocycles. The van der Waals surface area contributed by atoms with Crippen molar-refractivity contribution in [2.45, 2.75) is 38.1 Å². The van der Waals surface area contributed by atoms with Crippen molar-refractivity contribution >= 4 is 22.9 Å². The summed E-state index contributed by atoms with van der Waals surface area (Å²) in [4.78, 5) is 15.7. The molecule has 1 N–H and O–H groups in total. The van der Waals surface area contributed by atoms with Gasteiger partial charge in [-0.05, 0) is 19.8 Å². The smallest absolute Gasteiger partial charge is 0.378 e. The van der Waals surface area contributed by atoms with Crippen molar-refractivity contribution in [2.24, 2.45) is 0 Å². The van der Waals surface area contributed by atoms with E-state index in [9.17, 15) is 18.0 Å². The summed E-state index contributed by atoms with van der Waals surface area (Å²) in [6.07, 6.45) is -2.18. The molecule has 2 aromatic rings. The molecule has 0 bridgehead atoms. The summed E-state index contributed by atoms with van der Waals surface area (Å²) in [5.41, 5.74) is 0.0397. The van der Waals surface area contributed by atoms with Crippen molar-refractivity contribution in [3.8, 4) is 0 Å². The quantitative estimate of drug-likeness (QED) is 0.888. The first-order chi connectivity index (χ1) is 11.4. The maximum Gasteiger partial charge on any atom is 0.437 e. The Balaban J connectivity index is 1.79. The van der Waals surface area contributed by atoms with Gasteiger partial charge >= 0.3 is 6.18 Å². The molecule has 24 heavy (non-hydrogen) atoms. The second-order valence-electron chi connectivity index (χ2n) is 5.40. The van der Waals surface area contributed by atoms with Gasteiger partial charge in [-0.15, -0.1) is 11.3 Å². The number of ether oxygens (including phenoxy) is 1. The lowest BCUT2D eigenvalue weighted by atomic mass is 9.89. The summed E-state index contributed by atoms with van der Waals surface area (Å²) in [5.74, 6) is -0.692. The summed E-state index contributed by atoms with van der Waals surface area (Å²) in [6, 6.07) is -0.160. The van der Waals surface area contributed by atoms with E-state index in [1.807, 2.05) is 6.92 Å². The Kier molecular flexibility index (Phi) is 4.59. The number of carbonyl (C=O) groups excluding carboxylic acids is 1. The van der Waals surface area contributed by atoms with Gasteiger partial charge in [0.15, 0.2) is 5.69 Å². The fourth-order valence-corrected chi connectivity index (χ4v) is 3.05. The van der Waals surface area contributed by atoms with Crippen LogP contribution in [0.1, 0.15) is 42.0 Å². The molecular formula is C14H15F3N4O2S. The molecule has 0 unspecified atom stereocenters. The largest absolute Gasteiger partial charge is 0.437 e. The Morgan fingerprint density at radius 3 is 2.83 bits per heavy atom. The first-order valence-electron chi connectivity index (χ1n) is 7.36. The average Bonchev–Trinajstić information content (AvgIpc) is 3.10. The molecular weight excluding hydrogens is 345 g/mol. The minimum atomic E-state index is -4.65. The Morgan fingerprint density at radius 1 is 1.50 bits per heavy atom. The minimum absolute atomic E-state index is 0.0478. The molecule has 10 heteroatoms. The van der Waals surface area contributed by atoms with Gasteiger partial charge in [-0.2, -0.15) is 18.3 Å². The third-order valence-corrected chi connectivity index (χ3v) is 4.35. The lowest BCUT2D eigenvalue weighted by Crippen LogP contribution is -2.33. The van der Waals surface area contributed by atoms with Crippen molar-refractivity contribution in [1.82, 2.24) is 14.8 Å². The molecule has 0 saturated heterocycles. The topological polar surface area (TPSA) is 69.0 Å². The van der Waals surface area contributed by atoms with Crippen LogP contribution < -0.4 is 5.32 Å². The predicted molar refractivity (Wildman–Crippen MR) is 81.0 cm³/mol. The molecule has 130 valence electrons. The van der Waals surface area contributed by atoms with Gasteiger partial charge in [0.25, 0.3) is 5.91 Å². The maximum absolute atomic E-state index is 13.2. The van der Waals surface area contributed by atoms with Crippen LogP contribution in [0, 0.1) is 0 Å². The number of nitrogens with zero attached hydrogens (tertiary/aromatic N) is 3. The highest BCUT2D eigenvalue weighted by Crippen LogP contribution is 2.39. The van der Waals surface area contributed by atoms with Crippen LogP contribution in [0.2, 0.25) is 0 Å². The van der Waals surface area contributed by atoms with Crippen molar-refractivity contribution < 1.29 is 22.7 Å². The van der Waals surface area contributed by atoms with Gasteiger partial charge < -0.3 is 10.1 Å². The molecule has 6 nitrogen and oxygen atoms in total. The zero-order valence-corrected chi connectivity index (χ0v) is 13.5. The second kappa shape index (κ2) is 6.52. The van der Waals surface area contributed by atoms with Gasteiger partial charge in [-0.3, -0.25) is 9.48 Å². The number of hydrogen-bond acceptors (Lipinski definition) is 5. The zero-order valence-electron chi connectivity index (χ0n) is 12.7. The Bertz CT molecular complexity index is 708. The lowest BCUT2D eigenvalue weighted by molar-refractivity contribution is -0.141. The predicted octanol–water partition coefficient (Wildman–Crippen LogP) is 3.35. The monoisotopic (exact) mass is 360 g/mol. The number of anilines is 1. The molecule has 0 radical (unpaired) electrons. The van der Waals surface area contributed by atoms with Crippen LogP contribution >= 0.6 is 11.3 Å². The van der Waals surface area contributed by atoms with Crippen LogP contribution in [0.3, 0.4) is 0 Å². The van der Waals surface area contributed by atoms with Crippen molar-refractivity contribution in [3.05, 3.63) is 28.5 Å². The second-order valence-corrected chi connectivity index (χ2v) is 6.12. The Labute approximate surface area is 139 Å². The summed E-state index contributed by atoms with van der Waals surface area (Å²) in [7, 11) is 0. The van der Waals surface area contributed by atoms with E-state index in [4.69, 9.17) is 4.74 Å². The highest BCUT2D eigenvalue weighted by atomic mass is 32.1. The lowest BCUT2D eigenvalue weighted by Gasteiger charge is -2.34. The molecule has 0 spiro atoms. The highest BCUT2D eigenvalue weighted by Gasteiger charge is 2.40. The summed E-state index contributed by atoms with van der Waals surface area (Å²) >= 11 is 1.19. The number of nitrogens with one attached hydrogen (secondary N) is 1.